The van der Waals surface area contributed by atoms with Gasteiger partial charge in [-0.25, -0.2) is 4.39 Å². The summed E-state index contributed by atoms with van der Waals surface area (Å²) in [6.07, 6.45) is 2.90. The second-order valence-corrected chi connectivity index (χ2v) is 7.37. The van der Waals surface area contributed by atoms with Crippen molar-refractivity contribution in [3.63, 3.8) is 0 Å². The minimum atomic E-state index is -0.243. The van der Waals surface area contributed by atoms with Gasteiger partial charge in [0.05, 0.1) is 6.10 Å². The van der Waals surface area contributed by atoms with Crippen LogP contribution in [0, 0.1) is 17.7 Å². The van der Waals surface area contributed by atoms with Crippen LogP contribution >= 0.6 is 0 Å². The SMILES string of the molecule is CC(=O)CC1CC1Cc1ccc(-c2cc(OC(C)C)ccc2F)cc1. The molecule has 0 aromatic heterocycles. The van der Waals surface area contributed by atoms with E-state index in [1.165, 1.54) is 11.6 Å². The Morgan fingerprint density at radius 1 is 1.16 bits per heavy atom. The van der Waals surface area contributed by atoms with Gasteiger partial charge in [-0.3, -0.25) is 0 Å². The molecule has 2 unspecified atom stereocenters. The van der Waals surface area contributed by atoms with Gasteiger partial charge in [0.2, 0.25) is 0 Å². The highest BCUT2D eigenvalue weighted by molar-refractivity contribution is 5.76. The third-order valence-electron chi connectivity index (χ3n) is 4.69. The highest BCUT2D eigenvalue weighted by Gasteiger charge is 2.37. The summed E-state index contributed by atoms with van der Waals surface area (Å²) in [5.74, 6) is 1.89. The maximum atomic E-state index is 14.2. The molecular weight excluding hydrogens is 315 g/mol. The molecule has 3 heteroatoms. The highest BCUT2D eigenvalue weighted by Crippen LogP contribution is 2.43. The lowest BCUT2D eigenvalue weighted by Crippen LogP contribution is -2.05. The van der Waals surface area contributed by atoms with E-state index >= 15 is 0 Å². The standard InChI is InChI=1S/C22H25FO2/c1-14(2)25-20-8-9-22(23)21(13-20)17-6-4-16(5-7-17)11-19-12-18(19)10-15(3)24/h4-9,13-14,18-19H,10-12H2,1-3H3. The number of ketones is 1. The van der Waals surface area contributed by atoms with Gasteiger partial charge in [0.15, 0.2) is 0 Å². The van der Waals surface area contributed by atoms with Crippen molar-refractivity contribution in [1.82, 2.24) is 0 Å². The monoisotopic (exact) mass is 340 g/mol. The number of carbonyl (C=O) groups is 1. The number of Topliss-reactive ketones (excluding diaryl/α,β-unsaturated/α-hetero) is 1. The summed E-state index contributed by atoms with van der Waals surface area (Å²) in [6.45, 7) is 5.57. The number of halogens is 1. The van der Waals surface area contributed by atoms with Gasteiger partial charge in [-0.15, -0.1) is 0 Å². The molecular formula is C22H25FO2. The van der Waals surface area contributed by atoms with E-state index in [1.54, 1.807) is 19.1 Å². The van der Waals surface area contributed by atoms with E-state index < -0.39 is 0 Å². The summed E-state index contributed by atoms with van der Waals surface area (Å²) < 4.78 is 19.9. The van der Waals surface area contributed by atoms with Crippen LogP contribution in [0.15, 0.2) is 42.5 Å². The van der Waals surface area contributed by atoms with Crippen molar-refractivity contribution in [2.75, 3.05) is 0 Å². The van der Waals surface area contributed by atoms with E-state index in [9.17, 15) is 9.18 Å². The van der Waals surface area contributed by atoms with Gasteiger partial charge in [-0.2, -0.15) is 0 Å². The maximum absolute atomic E-state index is 14.2. The molecule has 1 saturated carbocycles. The molecule has 2 nitrogen and oxygen atoms in total. The Balaban J connectivity index is 1.69. The number of hydrogen-bond acceptors (Lipinski definition) is 2. The van der Waals surface area contributed by atoms with Gasteiger partial charge in [-0.05, 0) is 74.8 Å². The Kier molecular flexibility index (Phi) is 5.22. The molecule has 1 fully saturated rings. The number of carbonyl (C=O) groups excluding carboxylic acids is 1. The number of rotatable bonds is 7. The summed E-state index contributed by atoms with van der Waals surface area (Å²) in [4.78, 5) is 11.2. The Bertz CT molecular complexity index is 749. The third kappa shape index (κ3) is 4.68. The van der Waals surface area contributed by atoms with Crippen LogP contribution in [0.4, 0.5) is 4.39 Å². The van der Waals surface area contributed by atoms with Crippen LogP contribution in [0.2, 0.25) is 0 Å². The molecule has 132 valence electrons. The lowest BCUT2D eigenvalue weighted by Gasteiger charge is -2.12. The molecule has 0 heterocycles. The minimum Gasteiger partial charge on any atom is -0.491 e. The highest BCUT2D eigenvalue weighted by atomic mass is 19.1. The minimum absolute atomic E-state index is 0.0576. The molecule has 1 aliphatic carbocycles. The molecule has 1 aliphatic rings. The fraction of sp³-hybridized carbons (Fsp3) is 0.409. The first kappa shape index (κ1) is 17.7. The smallest absolute Gasteiger partial charge is 0.131 e. The largest absolute Gasteiger partial charge is 0.491 e. The van der Waals surface area contributed by atoms with Crippen molar-refractivity contribution in [3.05, 3.63) is 53.8 Å². The average Bonchev–Trinajstić information content (AvgIpc) is 3.26. The summed E-state index contributed by atoms with van der Waals surface area (Å²) >= 11 is 0. The van der Waals surface area contributed by atoms with Crippen LogP contribution in [0.1, 0.15) is 39.2 Å². The number of benzene rings is 2. The molecule has 0 amide bonds. The molecule has 0 saturated heterocycles. The van der Waals surface area contributed by atoms with Gasteiger partial charge in [0.1, 0.15) is 17.3 Å². The second-order valence-electron chi connectivity index (χ2n) is 7.37. The molecule has 2 atom stereocenters. The van der Waals surface area contributed by atoms with Gasteiger partial charge >= 0.3 is 0 Å². The molecule has 0 aliphatic heterocycles. The molecule has 0 N–H and O–H groups in total. The first-order valence-corrected chi connectivity index (χ1v) is 8.97. The number of hydrogen-bond donors (Lipinski definition) is 0. The van der Waals surface area contributed by atoms with Crippen LogP contribution in [-0.2, 0) is 11.2 Å². The van der Waals surface area contributed by atoms with Gasteiger partial charge < -0.3 is 9.53 Å². The van der Waals surface area contributed by atoms with Crippen LogP contribution in [0.5, 0.6) is 5.75 Å². The van der Waals surface area contributed by atoms with Crippen LogP contribution in [0.25, 0.3) is 11.1 Å². The van der Waals surface area contributed by atoms with E-state index in [4.69, 9.17) is 4.74 Å². The van der Waals surface area contributed by atoms with Crippen molar-refractivity contribution in [3.8, 4) is 16.9 Å². The van der Waals surface area contributed by atoms with Crippen molar-refractivity contribution in [2.24, 2.45) is 11.8 Å². The van der Waals surface area contributed by atoms with Crippen molar-refractivity contribution in [2.45, 2.75) is 46.1 Å². The van der Waals surface area contributed by atoms with E-state index in [0.29, 0.717) is 29.6 Å². The van der Waals surface area contributed by atoms with Crippen LogP contribution in [-0.4, -0.2) is 11.9 Å². The second kappa shape index (κ2) is 7.38. The Labute approximate surface area is 149 Å². The van der Waals surface area contributed by atoms with Gasteiger partial charge in [-0.1, -0.05) is 24.3 Å². The van der Waals surface area contributed by atoms with Crippen LogP contribution < -0.4 is 4.74 Å². The van der Waals surface area contributed by atoms with E-state index in [0.717, 1.165) is 18.4 Å². The Hall–Kier alpha value is -2.16. The molecule has 3 rings (SSSR count). The van der Waals surface area contributed by atoms with Gasteiger partial charge in [0.25, 0.3) is 0 Å². The predicted octanol–water partition coefficient (Wildman–Crippen LogP) is 5.44. The average molecular weight is 340 g/mol. The zero-order valence-corrected chi connectivity index (χ0v) is 15.1. The molecule has 0 radical (unpaired) electrons. The van der Waals surface area contributed by atoms with Crippen molar-refractivity contribution >= 4 is 5.78 Å². The Morgan fingerprint density at radius 3 is 2.52 bits per heavy atom. The fourth-order valence-electron chi connectivity index (χ4n) is 3.37. The first-order chi connectivity index (χ1) is 11.9. The lowest BCUT2D eigenvalue weighted by atomic mass is 10.0. The summed E-state index contributed by atoms with van der Waals surface area (Å²) in [5.41, 5.74) is 2.66. The van der Waals surface area contributed by atoms with Gasteiger partial charge in [0, 0.05) is 12.0 Å². The van der Waals surface area contributed by atoms with E-state index in [2.05, 4.69) is 12.1 Å². The lowest BCUT2D eigenvalue weighted by molar-refractivity contribution is -0.117. The molecule has 0 spiro atoms. The summed E-state index contributed by atoms with van der Waals surface area (Å²) in [6, 6.07) is 12.9. The zero-order valence-electron chi connectivity index (χ0n) is 15.1. The molecule has 2 aromatic carbocycles. The summed E-state index contributed by atoms with van der Waals surface area (Å²) in [5, 5.41) is 0. The van der Waals surface area contributed by atoms with Crippen LogP contribution in [0.3, 0.4) is 0 Å². The molecule has 2 aromatic rings. The van der Waals surface area contributed by atoms with E-state index in [-0.39, 0.29) is 17.7 Å². The van der Waals surface area contributed by atoms with Crippen molar-refractivity contribution < 1.29 is 13.9 Å². The predicted molar refractivity (Wildman–Crippen MR) is 98.2 cm³/mol. The first-order valence-electron chi connectivity index (χ1n) is 8.97. The van der Waals surface area contributed by atoms with E-state index in [1.807, 2.05) is 26.0 Å². The topological polar surface area (TPSA) is 26.3 Å². The van der Waals surface area contributed by atoms with Crippen molar-refractivity contribution in [1.29, 1.82) is 0 Å². The Morgan fingerprint density at radius 2 is 1.88 bits per heavy atom. The zero-order chi connectivity index (χ0) is 18.0. The molecule has 0 bridgehead atoms. The quantitative estimate of drug-likeness (QED) is 0.671. The summed E-state index contributed by atoms with van der Waals surface area (Å²) in [7, 11) is 0. The maximum Gasteiger partial charge on any atom is 0.131 e. The third-order valence-corrected chi connectivity index (χ3v) is 4.69. The number of ether oxygens (including phenoxy) is 1. The molecule has 25 heavy (non-hydrogen) atoms. The normalized spacial score (nSPS) is 19.1. The fourth-order valence-corrected chi connectivity index (χ4v) is 3.37.